The zero-order valence-electron chi connectivity index (χ0n) is 21.2. The number of carbonyl (C=O) groups is 1. The number of sulfonamides is 2. The first-order chi connectivity index (χ1) is 17.0. The molecule has 0 aliphatic carbocycles. The molecule has 1 heterocycles. The minimum Gasteiger partial charge on any atom is -0.495 e. The van der Waals surface area contributed by atoms with Crippen molar-refractivity contribution in [3.8, 4) is 5.75 Å². The largest absolute Gasteiger partial charge is 0.495 e. The molecule has 1 aliphatic heterocycles. The lowest BCUT2D eigenvalue weighted by Crippen LogP contribution is -2.44. The highest BCUT2D eigenvalue weighted by Crippen LogP contribution is 2.32. The first-order valence-electron chi connectivity index (χ1n) is 12.0. The van der Waals surface area contributed by atoms with Crippen molar-refractivity contribution in [2.24, 2.45) is 5.92 Å². The zero-order chi connectivity index (χ0) is 26.5. The molecule has 36 heavy (non-hydrogen) atoms. The standard InChI is InChI=1S/C25H35N3O6S2/c1-18(2)21-7-10-23(34-4)24(17-21)36(32,33)28-15-11-20(12-16-28)25(29)26-13-14-27-35(30,31)22-8-5-19(3)6-9-22/h5-10,17-18,20,27H,11-16H2,1-4H3,(H,26,29). The second-order valence-corrected chi connectivity index (χ2v) is 12.9. The van der Waals surface area contributed by atoms with E-state index in [0.29, 0.717) is 18.6 Å². The Hall–Kier alpha value is -2.47. The summed E-state index contributed by atoms with van der Waals surface area (Å²) in [6.45, 7) is 6.50. The van der Waals surface area contributed by atoms with Crippen LogP contribution in [0.5, 0.6) is 5.75 Å². The molecule has 0 bridgehead atoms. The molecule has 0 spiro atoms. The van der Waals surface area contributed by atoms with E-state index in [-0.39, 0.29) is 53.7 Å². The van der Waals surface area contributed by atoms with Crippen LogP contribution in [0.3, 0.4) is 0 Å². The van der Waals surface area contributed by atoms with Gasteiger partial charge in [-0.3, -0.25) is 4.79 Å². The summed E-state index contributed by atoms with van der Waals surface area (Å²) in [6, 6.07) is 11.7. The van der Waals surface area contributed by atoms with Crippen LogP contribution in [0.25, 0.3) is 0 Å². The molecule has 0 saturated carbocycles. The van der Waals surface area contributed by atoms with Gasteiger partial charge in [-0.25, -0.2) is 21.6 Å². The fourth-order valence-electron chi connectivity index (χ4n) is 4.07. The molecule has 0 radical (unpaired) electrons. The number of ether oxygens (including phenoxy) is 1. The SMILES string of the molecule is COc1ccc(C(C)C)cc1S(=O)(=O)N1CCC(C(=O)NCCNS(=O)(=O)c2ccc(C)cc2)CC1. The summed E-state index contributed by atoms with van der Waals surface area (Å²) in [7, 11) is -5.98. The molecule has 3 rings (SSSR count). The van der Waals surface area contributed by atoms with Crippen LogP contribution in [0.2, 0.25) is 0 Å². The van der Waals surface area contributed by atoms with Gasteiger partial charge in [0.15, 0.2) is 0 Å². The highest BCUT2D eigenvalue weighted by molar-refractivity contribution is 7.89. The number of methoxy groups -OCH3 is 1. The van der Waals surface area contributed by atoms with Gasteiger partial charge in [0.1, 0.15) is 10.6 Å². The van der Waals surface area contributed by atoms with E-state index in [4.69, 9.17) is 4.74 Å². The van der Waals surface area contributed by atoms with Gasteiger partial charge in [0.25, 0.3) is 0 Å². The highest BCUT2D eigenvalue weighted by atomic mass is 32.2. The van der Waals surface area contributed by atoms with Crippen LogP contribution in [0.15, 0.2) is 52.3 Å². The molecule has 1 fully saturated rings. The molecule has 2 N–H and O–H groups in total. The van der Waals surface area contributed by atoms with Crippen LogP contribution in [0, 0.1) is 12.8 Å². The van der Waals surface area contributed by atoms with E-state index in [1.165, 1.54) is 23.5 Å². The molecule has 0 atom stereocenters. The summed E-state index contributed by atoms with van der Waals surface area (Å²) in [5.74, 6) is -0.0805. The Kier molecular flexibility index (Phi) is 9.15. The number of nitrogens with one attached hydrogen (secondary N) is 2. The van der Waals surface area contributed by atoms with Gasteiger partial charge in [0, 0.05) is 32.1 Å². The van der Waals surface area contributed by atoms with Crippen molar-refractivity contribution >= 4 is 26.0 Å². The Morgan fingerprint density at radius 3 is 2.25 bits per heavy atom. The fourth-order valence-corrected chi connectivity index (χ4v) is 6.76. The molecule has 198 valence electrons. The molecule has 1 saturated heterocycles. The van der Waals surface area contributed by atoms with E-state index in [1.54, 1.807) is 24.3 Å². The number of hydrogen-bond donors (Lipinski definition) is 2. The van der Waals surface area contributed by atoms with E-state index in [9.17, 15) is 21.6 Å². The van der Waals surface area contributed by atoms with Gasteiger partial charge in [0.05, 0.1) is 12.0 Å². The van der Waals surface area contributed by atoms with Gasteiger partial charge < -0.3 is 10.1 Å². The van der Waals surface area contributed by atoms with Crippen molar-refractivity contribution in [3.05, 3.63) is 53.6 Å². The maximum absolute atomic E-state index is 13.3. The van der Waals surface area contributed by atoms with Gasteiger partial charge in [-0.05, 0) is 55.5 Å². The second kappa shape index (κ2) is 11.7. The summed E-state index contributed by atoms with van der Waals surface area (Å²) in [5.41, 5.74) is 1.87. The van der Waals surface area contributed by atoms with E-state index in [1.807, 2.05) is 26.8 Å². The highest BCUT2D eigenvalue weighted by Gasteiger charge is 2.34. The Morgan fingerprint density at radius 2 is 1.67 bits per heavy atom. The lowest BCUT2D eigenvalue weighted by Gasteiger charge is -2.31. The number of aryl methyl sites for hydroxylation is 1. The topological polar surface area (TPSA) is 122 Å². The average molecular weight is 538 g/mol. The Bertz CT molecular complexity index is 1270. The monoisotopic (exact) mass is 537 g/mol. The first-order valence-corrected chi connectivity index (χ1v) is 14.9. The van der Waals surface area contributed by atoms with Crippen molar-refractivity contribution in [1.29, 1.82) is 0 Å². The van der Waals surface area contributed by atoms with Crippen LogP contribution in [0.4, 0.5) is 0 Å². The van der Waals surface area contributed by atoms with Crippen molar-refractivity contribution in [2.75, 3.05) is 33.3 Å². The summed E-state index contributed by atoms with van der Waals surface area (Å²) >= 11 is 0. The normalized spacial score (nSPS) is 15.7. The van der Waals surface area contributed by atoms with E-state index < -0.39 is 20.0 Å². The first kappa shape index (κ1) is 28.1. The molecule has 0 unspecified atom stereocenters. The Morgan fingerprint density at radius 1 is 1.03 bits per heavy atom. The second-order valence-electron chi connectivity index (χ2n) is 9.25. The quantitative estimate of drug-likeness (QED) is 0.450. The van der Waals surface area contributed by atoms with Crippen molar-refractivity contribution in [1.82, 2.24) is 14.3 Å². The van der Waals surface area contributed by atoms with Gasteiger partial charge >= 0.3 is 0 Å². The number of amides is 1. The third-order valence-electron chi connectivity index (χ3n) is 6.34. The van der Waals surface area contributed by atoms with Crippen molar-refractivity contribution in [2.45, 2.75) is 49.3 Å². The molecule has 1 amide bonds. The van der Waals surface area contributed by atoms with Gasteiger partial charge in [-0.1, -0.05) is 37.6 Å². The van der Waals surface area contributed by atoms with E-state index >= 15 is 0 Å². The smallest absolute Gasteiger partial charge is 0.246 e. The number of rotatable bonds is 10. The Balaban J connectivity index is 1.52. The molecular formula is C25H35N3O6S2. The number of nitrogens with zero attached hydrogens (tertiary/aromatic N) is 1. The lowest BCUT2D eigenvalue weighted by molar-refractivity contribution is -0.126. The molecular weight excluding hydrogens is 502 g/mol. The van der Waals surface area contributed by atoms with E-state index in [0.717, 1.165) is 11.1 Å². The number of carbonyl (C=O) groups excluding carboxylic acids is 1. The minimum atomic E-state index is -3.78. The number of piperidine rings is 1. The van der Waals surface area contributed by atoms with Crippen LogP contribution in [0.1, 0.15) is 43.7 Å². The molecule has 2 aromatic carbocycles. The third kappa shape index (κ3) is 6.64. The van der Waals surface area contributed by atoms with Crippen LogP contribution in [-0.4, -0.2) is 60.3 Å². The molecule has 9 nitrogen and oxygen atoms in total. The van der Waals surface area contributed by atoms with Gasteiger partial charge in [-0.15, -0.1) is 0 Å². The van der Waals surface area contributed by atoms with Crippen LogP contribution < -0.4 is 14.8 Å². The molecule has 11 heteroatoms. The maximum Gasteiger partial charge on any atom is 0.246 e. The molecule has 2 aromatic rings. The molecule has 1 aliphatic rings. The number of hydrogen-bond acceptors (Lipinski definition) is 6. The fraction of sp³-hybridized carbons (Fsp3) is 0.480. The Labute approximate surface area is 214 Å². The summed E-state index contributed by atoms with van der Waals surface area (Å²) < 4.78 is 60.6. The summed E-state index contributed by atoms with van der Waals surface area (Å²) in [5, 5.41) is 2.76. The summed E-state index contributed by atoms with van der Waals surface area (Å²) in [4.78, 5) is 12.9. The number of benzene rings is 2. The van der Waals surface area contributed by atoms with Gasteiger partial charge in [-0.2, -0.15) is 4.31 Å². The minimum absolute atomic E-state index is 0.0567. The summed E-state index contributed by atoms with van der Waals surface area (Å²) in [6.07, 6.45) is 0.763. The third-order valence-corrected chi connectivity index (χ3v) is 9.74. The zero-order valence-corrected chi connectivity index (χ0v) is 22.8. The van der Waals surface area contributed by atoms with E-state index in [2.05, 4.69) is 10.0 Å². The predicted molar refractivity (Wildman–Crippen MR) is 138 cm³/mol. The predicted octanol–water partition coefficient (Wildman–Crippen LogP) is 2.62. The lowest BCUT2D eigenvalue weighted by atomic mass is 9.97. The maximum atomic E-state index is 13.3. The molecule has 0 aromatic heterocycles. The van der Waals surface area contributed by atoms with Gasteiger partial charge in [0.2, 0.25) is 26.0 Å². The van der Waals surface area contributed by atoms with Crippen LogP contribution in [-0.2, 0) is 24.8 Å². The van der Waals surface area contributed by atoms with Crippen molar-refractivity contribution in [3.63, 3.8) is 0 Å². The van der Waals surface area contributed by atoms with Crippen LogP contribution >= 0.6 is 0 Å². The average Bonchev–Trinajstić information content (AvgIpc) is 2.86. The van der Waals surface area contributed by atoms with Crippen molar-refractivity contribution < 1.29 is 26.4 Å².